The van der Waals surface area contributed by atoms with Crippen molar-refractivity contribution in [1.82, 2.24) is 9.80 Å². The number of hydrogen-bond donors (Lipinski definition) is 1. The third-order valence-corrected chi connectivity index (χ3v) is 4.77. The lowest BCUT2D eigenvalue weighted by Gasteiger charge is -2.54. The molecule has 1 fully saturated rings. The minimum atomic E-state index is -0.818. The molecule has 1 aromatic rings. The van der Waals surface area contributed by atoms with Gasteiger partial charge in [0.25, 0.3) is 5.91 Å². The molecule has 0 saturated carbocycles. The minimum absolute atomic E-state index is 0.116. The Hall–Kier alpha value is -1.88. The summed E-state index contributed by atoms with van der Waals surface area (Å²) in [5, 5.41) is 10.1. The van der Waals surface area contributed by atoms with E-state index < -0.39 is 12.0 Å². The zero-order valence-electron chi connectivity index (χ0n) is 15.4. The number of hydrogen-bond acceptors (Lipinski definition) is 3. The topological polar surface area (TPSA) is 60.9 Å². The molecular weight excluding hydrogens is 304 g/mol. The first kappa shape index (κ1) is 18.5. The zero-order chi connectivity index (χ0) is 18.2. The van der Waals surface area contributed by atoms with Crippen LogP contribution in [0.4, 0.5) is 0 Å². The minimum Gasteiger partial charge on any atom is -0.393 e. The van der Waals surface area contributed by atoms with Crippen LogP contribution in [0.15, 0.2) is 30.3 Å². The van der Waals surface area contributed by atoms with Crippen molar-refractivity contribution in [2.24, 2.45) is 11.3 Å². The standard InChI is InChI=1S/C19H28N2O3/c1-12-15(13(2)22)17(24)20(6)18(19(3,4)5)21(12)16(23)14-10-8-7-9-11-14/h7-13,15,18,22H,1-6H3/t12-,13+,15+,18+/m1/s1. The molecule has 0 aliphatic carbocycles. The van der Waals surface area contributed by atoms with E-state index in [1.165, 1.54) is 0 Å². The molecule has 1 aliphatic rings. The van der Waals surface area contributed by atoms with Gasteiger partial charge in [0, 0.05) is 24.1 Å². The molecule has 4 atom stereocenters. The van der Waals surface area contributed by atoms with Crippen molar-refractivity contribution < 1.29 is 14.7 Å². The number of amides is 2. The van der Waals surface area contributed by atoms with Gasteiger partial charge in [0.15, 0.2) is 0 Å². The highest BCUT2D eigenvalue weighted by Gasteiger charge is 2.50. The van der Waals surface area contributed by atoms with Crippen LogP contribution in [-0.2, 0) is 4.79 Å². The highest BCUT2D eigenvalue weighted by molar-refractivity contribution is 5.96. The summed E-state index contributed by atoms with van der Waals surface area (Å²) in [4.78, 5) is 29.3. The zero-order valence-corrected chi connectivity index (χ0v) is 15.4. The Morgan fingerprint density at radius 3 is 2.21 bits per heavy atom. The maximum absolute atomic E-state index is 13.2. The summed E-state index contributed by atoms with van der Waals surface area (Å²) in [6.45, 7) is 9.50. The molecule has 2 amide bonds. The van der Waals surface area contributed by atoms with Crippen molar-refractivity contribution in [3.63, 3.8) is 0 Å². The van der Waals surface area contributed by atoms with Gasteiger partial charge in [-0.25, -0.2) is 0 Å². The molecule has 2 rings (SSSR count). The Bertz CT molecular complexity index is 607. The van der Waals surface area contributed by atoms with E-state index in [4.69, 9.17) is 0 Å². The van der Waals surface area contributed by atoms with Crippen LogP contribution in [0.25, 0.3) is 0 Å². The molecular formula is C19H28N2O3. The number of aliphatic hydroxyl groups excluding tert-OH is 1. The molecule has 0 unspecified atom stereocenters. The lowest BCUT2D eigenvalue weighted by molar-refractivity contribution is -0.164. The first-order chi connectivity index (χ1) is 11.1. The molecule has 0 radical (unpaired) electrons. The fourth-order valence-electron chi connectivity index (χ4n) is 3.78. The molecule has 0 spiro atoms. The van der Waals surface area contributed by atoms with Crippen LogP contribution in [0.3, 0.4) is 0 Å². The third kappa shape index (κ3) is 3.18. The normalized spacial score (nSPS) is 26.5. The molecule has 1 saturated heterocycles. The lowest BCUT2D eigenvalue weighted by Crippen LogP contribution is -2.69. The average Bonchev–Trinajstić information content (AvgIpc) is 2.49. The monoisotopic (exact) mass is 332 g/mol. The van der Waals surface area contributed by atoms with Gasteiger partial charge in [0.2, 0.25) is 5.91 Å². The summed E-state index contributed by atoms with van der Waals surface area (Å²) >= 11 is 0. The van der Waals surface area contributed by atoms with Gasteiger partial charge in [-0.3, -0.25) is 9.59 Å². The maximum Gasteiger partial charge on any atom is 0.255 e. The van der Waals surface area contributed by atoms with Crippen molar-refractivity contribution in [2.75, 3.05) is 7.05 Å². The fourth-order valence-corrected chi connectivity index (χ4v) is 3.78. The molecule has 24 heavy (non-hydrogen) atoms. The van der Waals surface area contributed by atoms with E-state index in [1.807, 2.05) is 45.9 Å². The summed E-state index contributed by atoms with van der Waals surface area (Å²) in [5.74, 6) is -0.858. The predicted octanol–water partition coefficient (Wildman–Crippen LogP) is 2.36. The van der Waals surface area contributed by atoms with Crippen molar-refractivity contribution in [2.45, 2.75) is 52.9 Å². The van der Waals surface area contributed by atoms with Crippen LogP contribution in [0, 0.1) is 11.3 Å². The number of aliphatic hydroxyl groups is 1. The van der Waals surface area contributed by atoms with E-state index in [9.17, 15) is 14.7 Å². The first-order valence-corrected chi connectivity index (χ1v) is 8.39. The number of benzene rings is 1. The Labute approximate surface area is 144 Å². The molecule has 1 N–H and O–H groups in total. The van der Waals surface area contributed by atoms with Gasteiger partial charge in [-0.2, -0.15) is 0 Å². The lowest BCUT2D eigenvalue weighted by atomic mass is 9.82. The Kier molecular flexibility index (Phi) is 5.04. The van der Waals surface area contributed by atoms with E-state index in [-0.39, 0.29) is 29.4 Å². The highest BCUT2D eigenvalue weighted by atomic mass is 16.3. The average molecular weight is 332 g/mol. The number of carbonyl (C=O) groups is 2. The highest BCUT2D eigenvalue weighted by Crippen LogP contribution is 2.37. The van der Waals surface area contributed by atoms with E-state index in [0.29, 0.717) is 5.56 Å². The maximum atomic E-state index is 13.2. The second kappa shape index (κ2) is 6.55. The quantitative estimate of drug-likeness (QED) is 0.904. The van der Waals surface area contributed by atoms with Crippen molar-refractivity contribution in [3.05, 3.63) is 35.9 Å². The van der Waals surface area contributed by atoms with Crippen molar-refractivity contribution >= 4 is 11.8 Å². The van der Waals surface area contributed by atoms with Crippen LogP contribution in [-0.4, -0.2) is 52.1 Å². The number of rotatable bonds is 2. The molecule has 0 bridgehead atoms. The molecule has 5 heteroatoms. The number of carbonyl (C=O) groups excluding carboxylic acids is 2. The summed E-state index contributed by atoms with van der Waals surface area (Å²) in [6.07, 6.45) is -1.19. The van der Waals surface area contributed by atoms with Crippen molar-refractivity contribution in [1.29, 1.82) is 0 Å². The second-order valence-corrected chi connectivity index (χ2v) is 7.77. The van der Waals surface area contributed by atoms with E-state index in [0.717, 1.165) is 0 Å². The van der Waals surface area contributed by atoms with Gasteiger partial charge in [0.05, 0.1) is 12.0 Å². The molecule has 1 aliphatic heterocycles. The molecule has 1 heterocycles. The second-order valence-electron chi connectivity index (χ2n) is 7.77. The van der Waals surface area contributed by atoms with E-state index >= 15 is 0 Å². The summed E-state index contributed by atoms with van der Waals surface area (Å²) < 4.78 is 0. The van der Waals surface area contributed by atoms with Crippen LogP contribution in [0.1, 0.15) is 45.0 Å². The van der Waals surface area contributed by atoms with E-state index in [1.54, 1.807) is 35.9 Å². The smallest absolute Gasteiger partial charge is 0.255 e. The third-order valence-electron chi connectivity index (χ3n) is 4.77. The van der Waals surface area contributed by atoms with E-state index in [2.05, 4.69) is 0 Å². The Balaban J connectivity index is 2.53. The van der Waals surface area contributed by atoms with Gasteiger partial charge < -0.3 is 14.9 Å². The predicted molar refractivity (Wildman–Crippen MR) is 93.3 cm³/mol. The molecule has 1 aromatic carbocycles. The SMILES string of the molecule is C[C@H](O)[C@H]1C(=O)N(C)[C@H](C(C)(C)C)N(C(=O)c2ccccc2)[C@@H]1C. The summed E-state index contributed by atoms with van der Waals surface area (Å²) in [7, 11) is 1.71. The molecule has 132 valence electrons. The van der Waals surface area contributed by atoms with Gasteiger partial charge >= 0.3 is 0 Å². The van der Waals surface area contributed by atoms with Gasteiger partial charge in [0.1, 0.15) is 6.17 Å². The molecule has 5 nitrogen and oxygen atoms in total. The van der Waals surface area contributed by atoms with Gasteiger partial charge in [-0.15, -0.1) is 0 Å². The number of nitrogens with zero attached hydrogens (tertiary/aromatic N) is 2. The van der Waals surface area contributed by atoms with Crippen molar-refractivity contribution in [3.8, 4) is 0 Å². The van der Waals surface area contributed by atoms with Gasteiger partial charge in [-0.05, 0) is 26.0 Å². The van der Waals surface area contributed by atoms with Crippen LogP contribution >= 0.6 is 0 Å². The van der Waals surface area contributed by atoms with Gasteiger partial charge in [-0.1, -0.05) is 39.0 Å². The summed E-state index contributed by atoms with van der Waals surface area (Å²) in [6, 6.07) is 8.70. The first-order valence-electron chi connectivity index (χ1n) is 8.39. The van der Waals surface area contributed by atoms with Crippen LogP contribution in [0.5, 0.6) is 0 Å². The van der Waals surface area contributed by atoms with Crippen LogP contribution in [0.2, 0.25) is 0 Å². The largest absolute Gasteiger partial charge is 0.393 e. The summed E-state index contributed by atoms with van der Waals surface area (Å²) in [5.41, 5.74) is 0.276. The Morgan fingerprint density at radius 2 is 1.75 bits per heavy atom. The fraction of sp³-hybridized carbons (Fsp3) is 0.579. The molecule has 0 aromatic heterocycles. The Morgan fingerprint density at radius 1 is 1.21 bits per heavy atom. The van der Waals surface area contributed by atoms with Crippen LogP contribution < -0.4 is 0 Å².